The van der Waals surface area contributed by atoms with Gasteiger partial charge in [0.2, 0.25) is 0 Å². The predicted molar refractivity (Wildman–Crippen MR) is 73.7 cm³/mol. The van der Waals surface area contributed by atoms with Crippen molar-refractivity contribution in [3.63, 3.8) is 0 Å². The normalized spacial score (nSPS) is 17.3. The Labute approximate surface area is 114 Å². The highest BCUT2D eigenvalue weighted by atomic mass is 35.5. The van der Waals surface area contributed by atoms with Gasteiger partial charge in [-0.3, -0.25) is 0 Å². The van der Waals surface area contributed by atoms with Crippen molar-refractivity contribution in [1.82, 2.24) is 4.98 Å². The summed E-state index contributed by atoms with van der Waals surface area (Å²) in [7, 11) is 0. The zero-order chi connectivity index (χ0) is 12.8. The van der Waals surface area contributed by atoms with Crippen LogP contribution < -0.4 is 0 Å². The molecule has 1 aliphatic rings. The highest BCUT2D eigenvalue weighted by Crippen LogP contribution is 2.23. The maximum atomic E-state index is 9.16. The molecule has 2 bridgehead atoms. The Hall–Kier alpha value is -1.07. The van der Waals surface area contributed by atoms with Crippen LogP contribution in [0.1, 0.15) is 61.8 Å². The summed E-state index contributed by atoms with van der Waals surface area (Å²) < 4.78 is 0. The second-order valence-corrected chi connectivity index (χ2v) is 5.38. The van der Waals surface area contributed by atoms with Crippen LogP contribution >= 0.6 is 11.6 Å². The van der Waals surface area contributed by atoms with Gasteiger partial charge in [-0.2, -0.15) is 5.26 Å². The molecule has 1 aliphatic carbocycles. The molecule has 0 unspecified atom stereocenters. The Kier molecular flexibility index (Phi) is 5.01. The molecule has 18 heavy (non-hydrogen) atoms. The summed E-state index contributed by atoms with van der Waals surface area (Å²) in [5.74, 6) is 0. The SMILES string of the molecule is N#Cc1c2cc(nc1Cl)CCCCCCCCC2. The second-order valence-electron chi connectivity index (χ2n) is 5.03. The van der Waals surface area contributed by atoms with Gasteiger partial charge in [-0.25, -0.2) is 4.98 Å². The smallest absolute Gasteiger partial charge is 0.147 e. The van der Waals surface area contributed by atoms with Gasteiger partial charge in [-0.05, 0) is 37.3 Å². The summed E-state index contributed by atoms with van der Waals surface area (Å²) in [6.07, 6.45) is 10.8. The zero-order valence-corrected chi connectivity index (χ0v) is 11.5. The first-order valence-electron chi connectivity index (χ1n) is 6.89. The van der Waals surface area contributed by atoms with Gasteiger partial charge in [0.15, 0.2) is 0 Å². The van der Waals surface area contributed by atoms with Crippen molar-refractivity contribution in [2.45, 2.75) is 57.8 Å². The maximum Gasteiger partial charge on any atom is 0.147 e. The van der Waals surface area contributed by atoms with E-state index in [4.69, 9.17) is 16.9 Å². The molecule has 1 aromatic rings. The Morgan fingerprint density at radius 1 is 1.00 bits per heavy atom. The number of hydrogen-bond acceptors (Lipinski definition) is 2. The minimum atomic E-state index is 0.391. The van der Waals surface area contributed by atoms with Gasteiger partial charge < -0.3 is 0 Å². The highest BCUT2D eigenvalue weighted by Gasteiger charge is 2.11. The van der Waals surface area contributed by atoms with Gasteiger partial charge in [-0.15, -0.1) is 0 Å². The molecular weight excluding hydrogens is 244 g/mol. The van der Waals surface area contributed by atoms with E-state index in [2.05, 4.69) is 17.1 Å². The van der Waals surface area contributed by atoms with Crippen LogP contribution in [0.2, 0.25) is 5.15 Å². The molecule has 0 N–H and O–H groups in total. The van der Waals surface area contributed by atoms with Crippen LogP contribution in [0.5, 0.6) is 0 Å². The molecule has 0 atom stereocenters. The van der Waals surface area contributed by atoms with E-state index >= 15 is 0 Å². The molecule has 0 fully saturated rings. The number of nitriles is 1. The number of nitrogens with zero attached hydrogens (tertiary/aromatic N) is 2. The summed E-state index contributed by atoms with van der Waals surface area (Å²) in [5.41, 5.74) is 2.72. The number of aryl methyl sites for hydroxylation is 2. The average Bonchev–Trinajstić information content (AvgIpc) is 2.35. The summed E-state index contributed by atoms with van der Waals surface area (Å²) in [5, 5.41) is 9.55. The van der Waals surface area contributed by atoms with Crippen molar-refractivity contribution in [3.8, 4) is 6.07 Å². The van der Waals surface area contributed by atoms with Crippen molar-refractivity contribution in [2.75, 3.05) is 0 Å². The number of fused-ring (bicyclic) bond motifs is 2. The van der Waals surface area contributed by atoms with Crippen LogP contribution in [0.15, 0.2) is 6.07 Å². The number of halogens is 1. The lowest BCUT2D eigenvalue weighted by molar-refractivity contribution is 0.573. The number of hydrogen-bond donors (Lipinski definition) is 0. The van der Waals surface area contributed by atoms with E-state index in [-0.39, 0.29) is 0 Å². The molecule has 2 rings (SSSR count). The quantitative estimate of drug-likeness (QED) is 0.648. The highest BCUT2D eigenvalue weighted by molar-refractivity contribution is 6.30. The van der Waals surface area contributed by atoms with Crippen molar-refractivity contribution in [2.24, 2.45) is 0 Å². The molecule has 1 aromatic heterocycles. The molecule has 0 amide bonds. The molecule has 0 saturated heterocycles. The van der Waals surface area contributed by atoms with E-state index in [1.807, 2.05) is 0 Å². The Balaban J connectivity index is 2.25. The molecule has 0 radical (unpaired) electrons. The lowest BCUT2D eigenvalue weighted by Crippen LogP contribution is -2.00. The monoisotopic (exact) mass is 262 g/mol. The van der Waals surface area contributed by atoms with E-state index < -0.39 is 0 Å². The third-order valence-electron chi connectivity index (χ3n) is 3.60. The van der Waals surface area contributed by atoms with Crippen LogP contribution in [0, 0.1) is 11.3 Å². The molecule has 0 aliphatic heterocycles. The predicted octanol–water partition coefficient (Wildman–Crippen LogP) is 4.44. The minimum Gasteiger partial charge on any atom is -0.240 e. The van der Waals surface area contributed by atoms with E-state index in [1.165, 1.54) is 38.5 Å². The van der Waals surface area contributed by atoms with Crippen molar-refractivity contribution < 1.29 is 0 Å². The van der Waals surface area contributed by atoms with Crippen molar-refractivity contribution >= 4 is 11.6 Å². The van der Waals surface area contributed by atoms with E-state index in [0.717, 1.165) is 30.5 Å². The molecule has 1 heterocycles. The van der Waals surface area contributed by atoms with E-state index in [9.17, 15) is 0 Å². The van der Waals surface area contributed by atoms with Gasteiger partial charge in [0.05, 0.1) is 5.56 Å². The van der Waals surface area contributed by atoms with Crippen LogP contribution in [0.4, 0.5) is 0 Å². The van der Waals surface area contributed by atoms with Gasteiger partial charge in [0.1, 0.15) is 11.2 Å². The fourth-order valence-electron chi connectivity index (χ4n) is 2.57. The summed E-state index contributed by atoms with van der Waals surface area (Å²) in [6.45, 7) is 0. The molecular formula is C15H19ClN2. The van der Waals surface area contributed by atoms with Gasteiger partial charge in [0, 0.05) is 5.69 Å². The fraction of sp³-hybridized carbons (Fsp3) is 0.600. The summed E-state index contributed by atoms with van der Waals surface area (Å²) >= 11 is 6.11. The molecule has 96 valence electrons. The molecule has 0 aromatic carbocycles. The molecule has 0 saturated carbocycles. The molecule has 3 heteroatoms. The Bertz CT molecular complexity index is 449. The van der Waals surface area contributed by atoms with Crippen molar-refractivity contribution in [3.05, 3.63) is 28.0 Å². The first-order chi connectivity index (χ1) is 8.81. The first-order valence-corrected chi connectivity index (χ1v) is 7.27. The van der Waals surface area contributed by atoms with E-state index in [0.29, 0.717) is 10.7 Å². The van der Waals surface area contributed by atoms with Crippen LogP contribution in [0.3, 0.4) is 0 Å². The third-order valence-corrected chi connectivity index (χ3v) is 3.87. The summed E-state index contributed by atoms with van der Waals surface area (Å²) in [4.78, 5) is 4.35. The average molecular weight is 263 g/mol. The van der Waals surface area contributed by atoms with Gasteiger partial charge >= 0.3 is 0 Å². The number of pyridine rings is 1. The fourth-order valence-corrected chi connectivity index (χ4v) is 2.84. The lowest BCUT2D eigenvalue weighted by Gasteiger charge is -2.10. The van der Waals surface area contributed by atoms with Gasteiger partial charge in [-0.1, -0.05) is 43.7 Å². The summed E-state index contributed by atoms with van der Waals surface area (Å²) in [6, 6.07) is 4.28. The van der Waals surface area contributed by atoms with E-state index in [1.54, 1.807) is 0 Å². The third kappa shape index (κ3) is 3.46. The van der Waals surface area contributed by atoms with Crippen LogP contribution in [0.25, 0.3) is 0 Å². The maximum absolute atomic E-state index is 9.16. The Morgan fingerprint density at radius 3 is 2.28 bits per heavy atom. The first kappa shape index (κ1) is 13.4. The largest absolute Gasteiger partial charge is 0.240 e. The topological polar surface area (TPSA) is 36.7 Å². The van der Waals surface area contributed by atoms with Crippen LogP contribution in [-0.2, 0) is 12.8 Å². The number of rotatable bonds is 0. The minimum absolute atomic E-state index is 0.391. The second kappa shape index (κ2) is 6.75. The molecule has 0 spiro atoms. The standard InChI is InChI=1S/C15H19ClN2/c16-15-14(11-17)12-8-6-4-2-1-3-5-7-9-13(10-12)18-15/h10H,1-9H2. The Morgan fingerprint density at radius 2 is 1.61 bits per heavy atom. The lowest BCUT2D eigenvalue weighted by atomic mass is 9.98. The molecule has 2 nitrogen and oxygen atoms in total. The van der Waals surface area contributed by atoms with Crippen molar-refractivity contribution in [1.29, 1.82) is 5.26 Å². The van der Waals surface area contributed by atoms with Gasteiger partial charge in [0.25, 0.3) is 0 Å². The number of aromatic nitrogens is 1. The van der Waals surface area contributed by atoms with Crippen LogP contribution in [-0.4, -0.2) is 4.98 Å². The zero-order valence-electron chi connectivity index (χ0n) is 10.7.